The van der Waals surface area contributed by atoms with Crippen molar-refractivity contribution in [2.75, 3.05) is 6.61 Å². The Labute approximate surface area is 139 Å². The molecular weight excluding hydrogens is 280 g/mol. The Morgan fingerprint density at radius 3 is 2.74 bits per heavy atom. The average Bonchev–Trinajstić information content (AvgIpc) is 3.33. The maximum absolute atomic E-state index is 6.29. The van der Waals surface area contributed by atoms with Crippen LogP contribution in [-0.4, -0.2) is 6.61 Å². The lowest BCUT2D eigenvalue weighted by molar-refractivity contribution is 0.108. The van der Waals surface area contributed by atoms with E-state index in [0.717, 1.165) is 53.8 Å². The zero-order valence-electron chi connectivity index (χ0n) is 13.9. The summed E-state index contributed by atoms with van der Waals surface area (Å²) in [5, 5.41) is 0. The highest BCUT2D eigenvalue weighted by molar-refractivity contribution is 5.56. The van der Waals surface area contributed by atoms with Crippen molar-refractivity contribution in [1.29, 1.82) is 0 Å². The molecule has 4 aliphatic rings. The molecule has 7 unspecified atom stereocenters. The van der Waals surface area contributed by atoms with Gasteiger partial charge in [0.1, 0.15) is 5.75 Å². The molecule has 0 N–H and O–H groups in total. The van der Waals surface area contributed by atoms with E-state index in [9.17, 15) is 0 Å². The van der Waals surface area contributed by atoms with Crippen LogP contribution >= 0.6 is 0 Å². The lowest BCUT2D eigenvalue weighted by Crippen LogP contribution is -2.33. The first-order valence-corrected chi connectivity index (χ1v) is 9.38. The van der Waals surface area contributed by atoms with E-state index < -0.39 is 0 Å². The summed E-state index contributed by atoms with van der Waals surface area (Å²) in [6.07, 6.45) is 13.7. The summed E-state index contributed by atoms with van der Waals surface area (Å²) in [5.41, 5.74) is 1.21. The number of benzene rings is 1. The van der Waals surface area contributed by atoms with Crippen molar-refractivity contribution in [3.63, 3.8) is 0 Å². The third-order valence-electron chi connectivity index (χ3n) is 7.13. The zero-order chi connectivity index (χ0) is 15.4. The maximum atomic E-state index is 6.29. The number of allylic oxidation sites excluding steroid dienone is 3. The van der Waals surface area contributed by atoms with Gasteiger partial charge in [-0.15, -0.1) is 0 Å². The quantitative estimate of drug-likeness (QED) is 0.549. The summed E-state index contributed by atoms with van der Waals surface area (Å²) in [6, 6.07) is 8.43. The topological polar surface area (TPSA) is 9.23 Å². The van der Waals surface area contributed by atoms with E-state index in [1.54, 1.807) is 0 Å². The van der Waals surface area contributed by atoms with E-state index in [-0.39, 0.29) is 0 Å². The van der Waals surface area contributed by atoms with Crippen LogP contribution in [0.1, 0.15) is 31.7 Å². The van der Waals surface area contributed by atoms with Crippen LogP contribution in [0.2, 0.25) is 0 Å². The maximum Gasteiger partial charge on any atom is 0.126 e. The average molecular weight is 306 g/mol. The molecule has 23 heavy (non-hydrogen) atoms. The summed E-state index contributed by atoms with van der Waals surface area (Å²) in [7, 11) is 0. The first-order chi connectivity index (χ1) is 11.3. The van der Waals surface area contributed by atoms with E-state index in [2.05, 4.69) is 55.5 Å². The zero-order valence-corrected chi connectivity index (χ0v) is 13.9. The van der Waals surface area contributed by atoms with Crippen molar-refractivity contribution in [2.45, 2.75) is 26.2 Å². The summed E-state index contributed by atoms with van der Waals surface area (Å²) < 4.78 is 6.29. The number of hydrogen-bond donors (Lipinski definition) is 0. The van der Waals surface area contributed by atoms with E-state index in [1.165, 1.54) is 24.8 Å². The van der Waals surface area contributed by atoms with E-state index in [1.807, 2.05) is 0 Å². The van der Waals surface area contributed by atoms with Crippen molar-refractivity contribution >= 4 is 6.08 Å². The molecule has 1 nitrogen and oxygen atoms in total. The van der Waals surface area contributed by atoms with E-state index in [0.29, 0.717) is 0 Å². The molecule has 1 heteroatoms. The Morgan fingerprint density at radius 2 is 1.87 bits per heavy atom. The highest BCUT2D eigenvalue weighted by Gasteiger charge is 2.60. The van der Waals surface area contributed by atoms with Crippen molar-refractivity contribution in [1.82, 2.24) is 0 Å². The van der Waals surface area contributed by atoms with Gasteiger partial charge in [-0.25, -0.2) is 0 Å². The molecule has 0 radical (unpaired) electrons. The monoisotopic (exact) mass is 306 g/mol. The predicted octanol–water partition coefficient (Wildman–Crippen LogP) is 5.19. The fraction of sp³-hybridized carbons (Fsp3) is 0.545. The molecule has 4 bridgehead atoms. The van der Waals surface area contributed by atoms with Gasteiger partial charge in [0, 0.05) is 5.56 Å². The van der Waals surface area contributed by atoms with E-state index >= 15 is 0 Å². The molecule has 0 heterocycles. The molecule has 0 amide bonds. The Kier molecular flexibility index (Phi) is 3.18. The minimum atomic E-state index is 0.785. The molecule has 0 spiro atoms. The van der Waals surface area contributed by atoms with Crippen molar-refractivity contribution in [3.8, 4) is 5.75 Å². The summed E-state index contributed by atoms with van der Waals surface area (Å²) in [4.78, 5) is 0. The van der Waals surface area contributed by atoms with Crippen LogP contribution in [0.3, 0.4) is 0 Å². The van der Waals surface area contributed by atoms with Gasteiger partial charge in [0.25, 0.3) is 0 Å². The van der Waals surface area contributed by atoms with Crippen LogP contribution < -0.4 is 4.74 Å². The Bertz CT molecular complexity index is 658. The molecule has 0 aliphatic heterocycles. The highest BCUT2D eigenvalue weighted by atomic mass is 16.5. The second-order valence-electron chi connectivity index (χ2n) is 8.11. The van der Waals surface area contributed by atoms with Gasteiger partial charge in [0.05, 0.1) is 6.61 Å². The molecule has 1 aromatic rings. The SMILES string of the molecule is C/C=C/c1ccccc1OCC1CC2CC1C1C3C=CC(C3)C21. The highest BCUT2D eigenvalue weighted by Crippen LogP contribution is 2.66. The van der Waals surface area contributed by atoms with Gasteiger partial charge >= 0.3 is 0 Å². The smallest absolute Gasteiger partial charge is 0.126 e. The van der Waals surface area contributed by atoms with Crippen molar-refractivity contribution < 1.29 is 4.74 Å². The van der Waals surface area contributed by atoms with E-state index in [4.69, 9.17) is 4.74 Å². The summed E-state index contributed by atoms with van der Waals surface area (Å²) in [5.74, 6) is 7.61. The second kappa shape index (κ2) is 5.26. The van der Waals surface area contributed by atoms with Crippen LogP contribution in [0.15, 0.2) is 42.5 Å². The number of fused-ring (bicyclic) bond motifs is 9. The Morgan fingerprint density at radius 1 is 1.04 bits per heavy atom. The Balaban J connectivity index is 1.30. The minimum Gasteiger partial charge on any atom is -0.493 e. The van der Waals surface area contributed by atoms with Gasteiger partial charge in [-0.05, 0) is 73.7 Å². The molecule has 5 rings (SSSR count). The molecular formula is C22H26O. The number of rotatable bonds is 4. The molecule has 3 fully saturated rings. The van der Waals surface area contributed by atoms with Crippen LogP contribution in [-0.2, 0) is 0 Å². The molecule has 7 atom stereocenters. The molecule has 120 valence electrons. The minimum absolute atomic E-state index is 0.785. The molecule has 4 aliphatic carbocycles. The van der Waals surface area contributed by atoms with Crippen LogP contribution in [0.25, 0.3) is 6.08 Å². The molecule has 3 saturated carbocycles. The normalized spacial score (nSPS) is 42.7. The van der Waals surface area contributed by atoms with Gasteiger partial charge in [0.15, 0.2) is 0 Å². The fourth-order valence-corrected chi connectivity index (χ4v) is 6.47. The van der Waals surface area contributed by atoms with Gasteiger partial charge in [-0.2, -0.15) is 0 Å². The third kappa shape index (κ3) is 2.05. The number of ether oxygens (including phenoxy) is 1. The number of para-hydroxylation sites is 1. The van der Waals surface area contributed by atoms with Gasteiger partial charge in [0.2, 0.25) is 0 Å². The van der Waals surface area contributed by atoms with Crippen molar-refractivity contribution in [2.24, 2.45) is 41.4 Å². The fourth-order valence-electron chi connectivity index (χ4n) is 6.47. The van der Waals surface area contributed by atoms with Crippen LogP contribution in [0.4, 0.5) is 0 Å². The second-order valence-corrected chi connectivity index (χ2v) is 8.11. The number of hydrogen-bond acceptors (Lipinski definition) is 1. The third-order valence-corrected chi connectivity index (χ3v) is 7.13. The van der Waals surface area contributed by atoms with Gasteiger partial charge < -0.3 is 4.74 Å². The lowest BCUT2D eigenvalue weighted by atomic mass is 9.69. The van der Waals surface area contributed by atoms with Gasteiger partial charge in [-0.1, -0.05) is 42.5 Å². The summed E-state index contributed by atoms with van der Waals surface area (Å²) in [6.45, 7) is 2.98. The standard InChI is InChI=1S/C22H26O/c1-2-5-14-6-3-4-7-20(14)23-13-18-11-17-12-19(18)22-16-9-8-15(10-16)21(17)22/h2-9,15-19,21-22H,10-13H2,1H3/b5-2+. The molecule has 0 aromatic heterocycles. The van der Waals surface area contributed by atoms with Crippen LogP contribution in [0, 0.1) is 41.4 Å². The molecule has 1 aromatic carbocycles. The van der Waals surface area contributed by atoms with Gasteiger partial charge in [-0.3, -0.25) is 0 Å². The summed E-state index contributed by atoms with van der Waals surface area (Å²) >= 11 is 0. The first kappa shape index (κ1) is 13.9. The lowest BCUT2D eigenvalue weighted by Gasteiger charge is -2.36. The van der Waals surface area contributed by atoms with Crippen LogP contribution in [0.5, 0.6) is 5.75 Å². The first-order valence-electron chi connectivity index (χ1n) is 9.38. The Hall–Kier alpha value is -1.50. The molecule has 0 saturated heterocycles. The van der Waals surface area contributed by atoms with Crippen molar-refractivity contribution in [3.05, 3.63) is 48.1 Å². The largest absolute Gasteiger partial charge is 0.493 e. The predicted molar refractivity (Wildman–Crippen MR) is 94.1 cm³/mol.